The summed E-state index contributed by atoms with van der Waals surface area (Å²) in [6.07, 6.45) is 2.84. The normalized spacial score (nSPS) is 21.7. The van der Waals surface area contributed by atoms with Crippen LogP contribution in [0.2, 0.25) is 0 Å². The van der Waals surface area contributed by atoms with Crippen LogP contribution in [0.5, 0.6) is 5.75 Å². The van der Waals surface area contributed by atoms with Gasteiger partial charge < -0.3 is 15.0 Å². The Balaban J connectivity index is 1.70. The summed E-state index contributed by atoms with van der Waals surface area (Å²) in [6, 6.07) is 9.76. The summed E-state index contributed by atoms with van der Waals surface area (Å²) in [4.78, 5) is 14.2. The summed E-state index contributed by atoms with van der Waals surface area (Å²) >= 11 is 0. The summed E-state index contributed by atoms with van der Waals surface area (Å²) < 4.78 is 5.63. The van der Waals surface area contributed by atoms with Gasteiger partial charge in [0.05, 0.1) is 12.1 Å². The first-order chi connectivity index (χ1) is 9.62. The van der Waals surface area contributed by atoms with Gasteiger partial charge in [-0.25, -0.2) is 0 Å². The third kappa shape index (κ3) is 3.73. The van der Waals surface area contributed by atoms with Crippen molar-refractivity contribution in [2.45, 2.75) is 31.7 Å². The molecule has 0 radical (unpaired) electrons. The second kappa shape index (κ2) is 6.75. The quantitative estimate of drug-likeness (QED) is 0.809. The maximum atomic E-state index is 12.4. The molecule has 1 N–H and O–H groups in total. The molecular formula is C16H24N2O2. The van der Waals surface area contributed by atoms with E-state index >= 15 is 0 Å². The van der Waals surface area contributed by atoms with Gasteiger partial charge in [0, 0.05) is 13.6 Å². The lowest BCUT2D eigenvalue weighted by molar-refractivity contribution is -0.135. The Morgan fingerprint density at radius 2 is 2.15 bits per heavy atom. The predicted molar refractivity (Wildman–Crippen MR) is 79.8 cm³/mol. The minimum atomic E-state index is -0.366. The topological polar surface area (TPSA) is 41.6 Å². The molecule has 1 aliphatic heterocycles. The van der Waals surface area contributed by atoms with Crippen molar-refractivity contribution in [3.8, 4) is 5.75 Å². The van der Waals surface area contributed by atoms with Crippen molar-refractivity contribution >= 4 is 5.91 Å². The molecule has 1 amide bonds. The molecule has 1 aromatic rings. The van der Waals surface area contributed by atoms with E-state index in [0.717, 1.165) is 38.1 Å². The van der Waals surface area contributed by atoms with Gasteiger partial charge in [0.2, 0.25) is 5.91 Å². The van der Waals surface area contributed by atoms with Gasteiger partial charge in [-0.3, -0.25) is 4.79 Å². The maximum absolute atomic E-state index is 12.4. The molecule has 1 heterocycles. The molecule has 0 aliphatic carbocycles. The second-order valence-electron chi connectivity index (χ2n) is 5.60. The van der Waals surface area contributed by atoms with Gasteiger partial charge in [-0.1, -0.05) is 18.2 Å². The zero-order valence-electron chi connectivity index (χ0n) is 12.4. The molecule has 1 atom stereocenters. The number of para-hydroxylation sites is 1. The van der Waals surface area contributed by atoms with Gasteiger partial charge in [0.15, 0.2) is 0 Å². The molecule has 1 aromatic carbocycles. The Bertz CT molecular complexity index is 427. The van der Waals surface area contributed by atoms with Crippen LogP contribution in [0.15, 0.2) is 30.3 Å². The molecule has 1 saturated heterocycles. The number of benzene rings is 1. The van der Waals surface area contributed by atoms with Crippen LogP contribution < -0.4 is 10.1 Å². The van der Waals surface area contributed by atoms with Gasteiger partial charge in [0.25, 0.3) is 0 Å². The minimum Gasteiger partial charge on any atom is -0.494 e. The highest BCUT2D eigenvalue weighted by Gasteiger charge is 2.37. The molecule has 4 heteroatoms. The Hall–Kier alpha value is -1.55. The Kier molecular flexibility index (Phi) is 5.01. The molecule has 20 heavy (non-hydrogen) atoms. The van der Waals surface area contributed by atoms with E-state index in [2.05, 4.69) is 5.32 Å². The predicted octanol–water partition coefficient (Wildman–Crippen LogP) is 2.06. The van der Waals surface area contributed by atoms with Crippen molar-refractivity contribution < 1.29 is 9.53 Å². The lowest BCUT2D eigenvalue weighted by Gasteiger charge is -2.29. The minimum absolute atomic E-state index is 0.190. The number of amides is 1. The zero-order valence-corrected chi connectivity index (χ0v) is 12.4. The smallest absolute Gasteiger partial charge is 0.242 e. The van der Waals surface area contributed by atoms with Crippen LogP contribution in [0, 0.1) is 0 Å². The van der Waals surface area contributed by atoms with E-state index in [4.69, 9.17) is 4.74 Å². The van der Waals surface area contributed by atoms with Gasteiger partial charge in [-0.05, 0) is 44.9 Å². The molecule has 0 aromatic heterocycles. The molecule has 1 unspecified atom stereocenters. The molecule has 4 nitrogen and oxygen atoms in total. The molecule has 1 aliphatic rings. The zero-order chi connectivity index (χ0) is 14.4. The molecule has 0 saturated carbocycles. The number of carbonyl (C=O) groups excluding carboxylic acids is 1. The highest BCUT2D eigenvalue weighted by Crippen LogP contribution is 2.20. The van der Waals surface area contributed by atoms with Crippen molar-refractivity contribution in [3.05, 3.63) is 30.3 Å². The first-order valence-electron chi connectivity index (χ1n) is 7.30. The average molecular weight is 276 g/mol. The third-order valence-electron chi connectivity index (χ3n) is 3.84. The Labute approximate surface area is 121 Å². The molecule has 0 bridgehead atoms. The van der Waals surface area contributed by atoms with Crippen LogP contribution in [0.4, 0.5) is 0 Å². The number of carbonyl (C=O) groups is 1. The second-order valence-corrected chi connectivity index (χ2v) is 5.60. The number of nitrogens with zero attached hydrogens (tertiary/aromatic N) is 1. The van der Waals surface area contributed by atoms with Crippen LogP contribution in [0.1, 0.15) is 26.2 Å². The SMILES string of the molecule is CN(CCCOc1ccccc1)C(=O)C1(C)CCCN1. The van der Waals surface area contributed by atoms with Gasteiger partial charge in [0.1, 0.15) is 5.75 Å². The summed E-state index contributed by atoms with van der Waals surface area (Å²) in [6.45, 7) is 4.29. The van der Waals surface area contributed by atoms with E-state index < -0.39 is 0 Å². The van der Waals surface area contributed by atoms with E-state index in [-0.39, 0.29) is 11.4 Å². The van der Waals surface area contributed by atoms with Crippen molar-refractivity contribution in [1.29, 1.82) is 0 Å². The first kappa shape index (κ1) is 14.9. The van der Waals surface area contributed by atoms with E-state index in [1.54, 1.807) is 0 Å². The number of ether oxygens (including phenoxy) is 1. The van der Waals surface area contributed by atoms with E-state index in [9.17, 15) is 4.79 Å². The fourth-order valence-corrected chi connectivity index (χ4v) is 2.61. The first-order valence-corrected chi connectivity index (χ1v) is 7.30. The van der Waals surface area contributed by atoms with E-state index in [1.807, 2.05) is 49.2 Å². The summed E-state index contributed by atoms with van der Waals surface area (Å²) in [7, 11) is 1.87. The van der Waals surface area contributed by atoms with E-state index in [0.29, 0.717) is 6.61 Å². The molecule has 110 valence electrons. The lowest BCUT2D eigenvalue weighted by Crippen LogP contribution is -2.51. The number of hydrogen-bond acceptors (Lipinski definition) is 3. The monoisotopic (exact) mass is 276 g/mol. The number of nitrogens with one attached hydrogen (secondary N) is 1. The number of hydrogen-bond donors (Lipinski definition) is 1. The highest BCUT2D eigenvalue weighted by molar-refractivity contribution is 5.86. The van der Waals surface area contributed by atoms with Crippen molar-refractivity contribution in [2.75, 3.05) is 26.7 Å². The molecular weight excluding hydrogens is 252 g/mol. The standard InChI is InChI=1S/C16H24N2O2/c1-16(10-6-11-17-16)15(19)18(2)12-7-13-20-14-8-4-3-5-9-14/h3-5,8-9,17H,6-7,10-13H2,1-2H3. The largest absolute Gasteiger partial charge is 0.494 e. The van der Waals surface area contributed by atoms with E-state index in [1.165, 1.54) is 0 Å². The fourth-order valence-electron chi connectivity index (χ4n) is 2.61. The Morgan fingerprint density at radius 1 is 1.40 bits per heavy atom. The van der Waals surface area contributed by atoms with Crippen molar-refractivity contribution in [1.82, 2.24) is 10.2 Å². The van der Waals surface area contributed by atoms with Crippen LogP contribution in [0.25, 0.3) is 0 Å². The highest BCUT2D eigenvalue weighted by atomic mass is 16.5. The molecule has 2 rings (SSSR count). The average Bonchev–Trinajstić information content (AvgIpc) is 2.92. The third-order valence-corrected chi connectivity index (χ3v) is 3.84. The van der Waals surface area contributed by atoms with Crippen molar-refractivity contribution in [2.24, 2.45) is 0 Å². The lowest BCUT2D eigenvalue weighted by atomic mass is 9.98. The Morgan fingerprint density at radius 3 is 2.80 bits per heavy atom. The summed E-state index contributed by atoms with van der Waals surface area (Å²) in [5.41, 5.74) is -0.366. The number of likely N-dealkylation sites (N-methyl/N-ethyl adjacent to an activating group) is 1. The summed E-state index contributed by atoms with van der Waals surface area (Å²) in [5.74, 6) is 1.07. The van der Waals surface area contributed by atoms with Crippen LogP contribution >= 0.6 is 0 Å². The number of rotatable bonds is 6. The van der Waals surface area contributed by atoms with Crippen molar-refractivity contribution in [3.63, 3.8) is 0 Å². The summed E-state index contributed by atoms with van der Waals surface area (Å²) in [5, 5.41) is 3.31. The molecule has 1 fully saturated rings. The fraction of sp³-hybridized carbons (Fsp3) is 0.562. The van der Waals surface area contributed by atoms with Crippen LogP contribution in [0.3, 0.4) is 0 Å². The van der Waals surface area contributed by atoms with Gasteiger partial charge >= 0.3 is 0 Å². The van der Waals surface area contributed by atoms with Crippen LogP contribution in [-0.4, -0.2) is 43.1 Å². The maximum Gasteiger partial charge on any atom is 0.242 e. The van der Waals surface area contributed by atoms with Gasteiger partial charge in [-0.15, -0.1) is 0 Å². The molecule has 0 spiro atoms. The van der Waals surface area contributed by atoms with Gasteiger partial charge in [-0.2, -0.15) is 0 Å². The van der Waals surface area contributed by atoms with Crippen LogP contribution in [-0.2, 0) is 4.79 Å².